The van der Waals surface area contributed by atoms with Gasteiger partial charge in [-0.25, -0.2) is 9.59 Å². The molecule has 0 radical (unpaired) electrons. The van der Waals surface area contributed by atoms with Crippen LogP contribution in [-0.4, -0.2) is 33.1 Å². The predicted octanol–water partition coefficient (Wildman–Crippen LogP) is 2.34. The van der Waals surface area contributed by atoms with Crippen molar-refractivity contribution in [1.29, 1.82) is 0 Å². The van der Waals surface area contributed by atoms with E-state index in [0.29, 0.717) is 0 Å². The van der Waals surface area contributed by atoms with Crippen LogP contribution in [0.3, 0.4) is 0 Å². The van der Waals surface area contributed by atoms with E-state index in [9.17, 15) is 9.59 Å². The molecule has 0 unspecified atom stereocenters. The first-order valence-electron chi connectivity index (χ1n) is 4.36. The summed E-state index contributed by atoms with van der Waals surface area (Å²) in [6.07, 6.45) is -0.747. The third-order valence-corrected chi connectivity index (χ3v) is 2.25. The Morgan fingerprint density at radius 2 is 1.88 bits per heavy atom. The molecule has 8 heteroatoms. The summed E-state index contributed by atoms with van der Waals surface area (Å²) in [5.41, 5.74) is -1.40. The Balaban J connectivity index is 4.28. The number of aliphatic carboxylic acids is 1. The molecule has 0 aliphatic heterocycles. The van der Waals surface area contributed by atoms with Gasteiger partial charge in [-0.1, -0.05) is 41.7 Å². The number of carboxylic acids is 1. The van der Waals surface area contributed by atoms with Gasteiger partial charge in [0.25, 0.3) is 0 Å². The average molecular weight is 293 g/mol. The number of hydrogen-bond donors (Lipinski definition) is 2. The number of ether oxygens (including phenoxy) is 1. The monoisotopic (exact) mass is 291 g/mol. The maximum Gasteiger partial charge on any atom is 0.408 e. The van der Waals surface area contributed by atoms with E-state index in [0.717, 1.165) is 0 Å². The zero-order valence-electron chi connectivity index (χ0n) is 8.72. The summed E-state index contributed by atoms with van der Waals surface area (Å²) in [7, 11) is 0. The fraction of sp³-hybridized carbons (Fsp3) is 0.750. The van der Waals surface area contributed by atoms with Crippen molar-refractivity contribution in [3.05, 3.63) is 0 Å². The van der Waals surface area contributed by atoms with Gasteiger partial charge in [-0.05, 0) is 13.3 Å². The quantitative estimate of drug-likeness (QED) is 0.780. The zero-order chi connectivity index (χ0) is 13.0. The summed E-state index contributed by atoms with van der Waals surface area (Å²) in [6.45, 7) is 2.51. The van der Waals surface area contributed by atoms with Crippen molar-refractivity contribution in [2.45, 2.75) is 29.6 Å². The molecule has 0 aliphatic carbocycles. The van der Waals surface area contributed by atoms with E-state index < -0.39 is 28.0 Å². The third-order valence-electron chi connectivity index (χ3n) is 1.92. The number of rotatable bonds is 4. The number of carbonyl (C=O) groups is 2. The minimum Gasteiger partial charge on any atom is -0.480 e. The SMILES string of the molecule is CC[C@@](C)(NC(=O)OCC(Cl)(Cl)Cl)C(=O)O. The Bertz CT molecular complexity index is 279. The van der Waals surface area contributed by atoms with Crippen molar-refractivity contribution in [2.75, 3.05) is 6.61 Å². The lowest BCUT2D eigenvalue weighted by Gasteiger charge is -2.24. The fourth-order valence-electron chi connectivity index (χ4n) is 0.702. The first-order chi connectivity index (χ1) is 7.10. The first kappa shape index (κ1) is 15.6. The van der Waals surface area contributed by atoms with Crippen molar-refractivity contribution in [3.63, 3.8) is 0 Å². The van der Waals surface area contributed by atoms with Crippen LogP contribution < -0.4 is 5.32 Å². The van der Waals surface area contributed by atoms with Crippen molar-refractivity contribution in [1.82, 2.24) is 5.32 Å². The van der Waals surface area contributed by atoms with Gasteiger partial charge in [0.05, 0.1) is 0 Å². The Morgan fingerprint density at radius 1 is 1.38 bits per heavy atom. The van der Waals surface area contributed by atoms with Crippen LogP contribution >= 0.6 is 34.8 Å². The Morgan fingerprint density at radius 3 is 2.19 bits per heavy atom. The van der Waals surface area contributed by atoms with Crippen LogP contribution in [-0.2, 0) is 9.53 Å². The van der Waals surface area contributed by atoms with Crippen molar-refractivity contribution < 1.29 is 19.4 Å². The second-order valence-electron chi connectivity index (χ2n) is 3.31. The molecule has 1 atom stereocenters. The molecule has 5 nitrogen and oxygen atoms in total. The number of alkyl carbamates (subject to hydrolysis) is 1. The molecule has 0 aromatic rings. The Labute approximate surface area is 108 Å². The van der Waals surface area contributed by atoms with Gasteiger partial charge < -0.3 is 15.2 Å². The van der Waals surface area contributed by atoms with E-state index in [4.69, 9.17) is 39.9 Å². The van der Waals surface area contributed by atoms with E-state index in [-0.39, 0.29) is 6.42 Å². The number of alkyl halides is 3. The topological polar surface area (TPSA) is 75.6 Å². The average Bonchev–Trinajstić information content (AvgIpc) is 2.13. The van der Waals surface area contributed by atoms with Gasteiger partial charge in [0, 0.05) is 0 Å². The van der Waals surface area contributed by atoms with Crippen molar-refractivity contribution >= 4 is 46.9 Å². The van der Waals surface area contributed by atoms with Gasteiger partial charge in [0.15, 0.2) is 0 Å². The van der Waals surface area contributed by atoms with Crippen LogP contribution in [0.4, 0.5) is 4.79 Å². The van der Waals surface area contributed by atoms with Gasteiger partial charge in [0.2, 0.25) is 3.79 Å². The molecule has 0 saturated heterocycles. The van der Waals surface area contributed by atoms with Crippen LogP contribution in [0.2, 0.25) is 0 Å². The third kappa shape index (κ3) is 5.63. The standard InChI is InChI=1S/C8H12Cl3NO4/c1-3-7(2,5(13)14)12-6(15)16-4-8(9,10)11/h3-4H2,1-2H3,(H,12,15)(H,13,14)/t7-/m1/s1. The summed E-state index contributed by atoms with van der Waals surface area (Å²) in [4.78, 5) is 22.0. The maximum absolute atomic E-state index is 11.2. The minimum absolute atomic E-state index is 0.200. The van der Waals surface area contributed by atoms with Crippen LogP contribution in [0.15, 0.2) is 0 Å². The summed E-state index contributed by atoms with van der Waals surface area (Å²) in [6, 6.07) is 0. The van der Waals surface area contributed by atoms with Crippen LogP contribution in [0.5, 0.6) is 0 Å². The summed E-state index contributed by atoms with van der Waals surface area (Å²) in [5, 5.41) is 11.0. The highest BCUT2D eigenvalue weighted by Gasteiger charge is 2.34. The number of amides is 1. The highest BCUT2D eigenvalue weighted by atomic mass is 35.6. The molecule has 0 bridgehead atoms. The smallest absolute Gasteiger partial charge is 0.408 e. The lowest BCUT2D eigenvalue weighted by Crippen LogP contribution is -2.52. The summed E-state index contributed by atoms with van der Waals surface area (Å²) < 4.78 is 2.83. The van der Waals surface area contributed by atoms with E-state index in [1.807, 2.05) is 0 Å². The van der Waals surface area contributed by atoms with Crippen LogP contribution in [0, 0.1) is 0 Å². The molecule has 0 spiro atoms. The largest absolute Gasteiger partial charge is 0.480 e. The van der Waals surface area contributed by atoms with Crippen LogP contribution in [0.1, 0.15) is 20.3 Å². The van der Waals surface area contributed by atoms with Crippen LogP contribution in [0.25, 0.3) is 0 Å². The fourth-order valence-corrected chi connectivity index (χ4v) is 0.865. The molecule has 0 aromatic heterocycles. The molecule has 0 rings (SSSR count). The van der Waals surface area contributed by atoms with E-state index in [1.54, 1.807) is 6.92 Å². The predicted molar refractivity (Wildman–Crippen MR) is 61.1 cm³/mol. The van der Waals surface area contributed by atoms with Gasteiger partial charge in [-0.3, -0.25) is 0 Å². The summed E-state index contributed by atoms with van der Waals surface area (Å²) >= 11 is 16.1. The summed E-state index contributed by atoms with van der Waals surface area (Å²) in [5.74, 6) is -1.17. The molecular weight excluding hydrogens is 280 g/mol. The minimum atomic E-state index is -1.72. The van der Waals surface area contributed by atoms with Gasteiger partial charge in [-0.15, -0.1) is 0 Å². The molecule has 0 saturated carbocycles. The zero-order valence-corrected chi connectivity index (χ0v) is 11.0. The maximum atomic E-state index is 11.2. The lowest BCUT2D eigenvalue weighted by molar-refractivity contribution is -0.144. The molecular formula is C8H12Cl3NO4. The number of nitrogens with one attached hydrogen (secondary N) is 1. The van der Waals surface area contributed by atoms with Gasteiger partial charge in [0.1, 0.15) is 12.1 Å². The number of carboxylic acid groups (broad SMARTS) is 1. The molecule has 0 aliphatic rings. The highest BCUT2D eigenvalue weighted by molar-refractivity contribution is 6.67. The Kier molecular flexibility index (Phi) is 5.65. The van der Waals surface area contributed by atoms with Gasteiger partial charge in [-0.2, -0.15) is 0 Å². The lowest BCUT2D eigenvalue weighted by atomic mass is 10.00. The second-order valence-corrected chi connectivity index (χ2v) is 5.82. The normalized spacial score (nSPS) is 15.1. The molecule has 0 fully saturated rings. The first-order valence-corrected chi connectivity index (χ1v) is 5.49. The highest BCUT2D eigenvalue weighted by Crippen LogP contribution is 2.26. The number of halogens is 3. The Hall–Kier alpha value is -0.390. The number of carbonyl (C=O) groups excluding carboxylic acids is 1. The van der Waals surface area contributed by atoms with Crippen molar-refractivity contribution in [2.24, 2.45) is 0 Å². The van der Waals surface area contributed by atoms with E-state index in [1.165, 1.54) is 6.92 Å². The molecule has 16 heavy (non-hydrogen) atoms. The molecule has 94 valence electrons. The molecule has 0 heterocycles. The van der Waals surface area contributed by atoms with E-state index >= 15 is 0 Å². The number of hydrogen-bond acceptors (Lipinski definition) is 3. The van der Waals surface area contributed by atoms with Gasteiger partial charge >= 0.3 is 12.1 Å². The molecule has 0 aromatic carbocycles. The second kappa shape index (κ2) is 5.80. The molecule has 2 N–H and O–H groups in total. The molecule has 1 amide bonds. The van der Waals surface area contributed by atoms with Crippen molar-refractivity contribution in [3.8, 4) is 0 Å². The van der Waals surface area contributed by atoms with E-state index in [2.05, 4.69) is 10.1 Å².